The Hall–Kier alpha value is -4.03. The smallest absolute Gasteiger partial charge is 0.252 e. The average molecular weight is 534 g/mol. The minimum atomic E-state index is -1.77. The van der Waals surface area contributed by atoms with Gasteiger partial charge in [0.1, 0.15) is 5.75 Å². The number of hydrogen-bond donors (Lipinski definition) is 5. The molecule has 8 nitrogen and oxygen atoms in total. The number of benzene rings is 2. The predicted octanol–water partition coefficient (Wildman–Crippen LogP) is 3.13. The van der Waals surface area contributed by atoms with Crippen LogP contribution in [-0.2, 0) is 16.0 Å². The first-order chi connectivity index (χ1) is 18.1. The summed E-state index contributed by atoms with van der Waals surface area (Å²) >= 11 is 0. The van der Waals surface area contributed by atoms with Crippen LogP contribution in [0.2, 0.25) is 0 Å². The maximum atomic E-state index is 13.9. The van der Waals surface area contributed by atoms with Gasteiger partial charge in [-0.2, -0.15) is 13.8 Å². The van der Waals surface area contributed by atoms with E-state index in [1.807, 2.05) is 0 Å². The molecule has 2 unspecified atom stereocenters. The van der Waals surface area contributed by atoms with Crippen molar-refractivity contribution in [3.05, 3.63) is 77.6 Å². The highest BCUT2D eigenvalue weighted by molar-refractivity contribution is 5.94. The zero-order valence-electron chi connectivity index (χ0n) is 20.2. The molecular weight excluding hydrogens is 506 g/mol. The van der Waals surface area contributed by atoms with Crippen molar-refractivity contribution in [1.29, 1.82) is 0 Å². The molecule has 202 valence electrons. The fraction of sp³-hybridized carbons (Fsp3) is 0.269. The fourth-order valence-corrected chi connectivity index (χ4v) is 3.64. The van der Waals surface area contributed by atoms with Crippen molar-refractivity contribution in [3.8, 4) is 16.9 Å². The third-order valence-corrected chi connectivity index (χ3v) is 5.75. The van der Waals surface area contributed by atoms with Gasteiger partial charge in [-0.15, -0.1) is 0 Å². The number of carbonyl (C=O) groups is 2. The lowest BCUT2D eigenvalue weighted by Gasteiger charge is -2.14. The molecule has 0 spiro atoms. The van der Waals surface area contributed by atoms with Gasteiger partial charge >= 0.3 is 0 Å². The van der Waals surface area contributed by atoms with Crippen LogP contribution < -0.4 is 22.1 Å². The number of hydrogen-bond acceptors (Lipinski definition) is 6. The maximum Gasteiger partial charge on any atom is 0.252 e. The Morgan fingerprint density at radius 3 is 2.05 bits per heavy atom. The van der Waals surface area contributed by atoms with Crippen molar-refractivity contribution < 1.29 is 32.3 Å². The van der Waals surface area contributed by atoms with Crippen molar-refractivity contribution in [2.45, 2.75) is 37.8 Å². The molecule has 2 atom stereocenters. The van der Waals surface area contributed by atoms with E-state index < -0.39 is 47.1 Å². The second kappa shape index (κ2) is 13.0. The summed E-state index contributed by atoms with van der Waals surface area (Å²) in [5.74, 6) is -7.48. The van der Waals surface area contributed by atoms with E-state index in [4.69, 9.17) is 11.5 Å². The molecule has 1 aromatic heterocycles. The Labute approximate surface area is 216 Å². The Balaban J connectivity index is 1.41. The molecule has 0 saturated heterocycles. The van der Waals surface area contributed by atoms with Crippen LogP contribution in [0.4, 0.5) is 23.2 Å². The number of carbonyl (C=O) groups excluding carboxylic acids is 2. The lowest BCUT2D eigenvalue weighted by Crippen LogP contribution is -2.42. The molecule has 0 radical (unpaired) electrons. The molecule has 0 aliphatic carbocycles. The van der Waals surface area contributed by atoms with Crippen molar-refractivity contribution in [2.75, 3.05) is 11.9 Å². The normalized spacial score (nSPS) is 12.6. The number of aromatic hydroxyl groups is 1. The Bertz CT molecular complexity index is 1250. The highest BCUT2D eigenvalue weighted by Gasteiger charge is 2.22. The van der Waals surface area contributed by atoms with E-state index in [1.54, 1.807) is 12.1 Å². The number of anilines is 1. The zero-order chi connectivity index (χ0) is 27.8. The molecule has 2 amide bonds. The Kier molecular flexibility index (Phi) is 9.74. The SMILES string of the molecule is NC(Cc1ccc(O)cc1)C(=O)NCCCCC(N)C(=O)Nc1ccc(-c2c(F)c(F)nc(F)c2F)cc1. The number of aromatic nitrogens is 1. The summed E-state index contributed by atoms with van der Waals surface area (Å²) in [6.07, 6.45) is 1.74. The van der Waals surface area contributed by atoms with E-state index in [1.165, 1.54) is 36.4 Å². The molecule has 0 aliphatic rings. The van der Waals surface area contributed by atoms with Crippen molar-refractivity contribution in [2.24, 2.45) is 11.5 Å². The van der Waals surface area contributed by atoms with Gasteiger partial charge in [-0.25, -0.2) is 8.78 Å². The van der Waals surface area contributed by atoms with Gasteiger partial charge in [0.15, 0.2) is 11.6 Å². The molecule has 1 heterocycles. The van der Waals surface area contributed by atoms with Gasteiger partial charge in [0.2, 0.25) is 11.8 Å². The number of phenols is 1. The van der Waals surface area contributed by atoms with Crippen molar-refractivity contribution >= 4 is 17.5 Å². The van der Waals surface area contributed by atoms with Crippen LogP contribution in [0.1, 0.15) is 24.8 Å². The molecule has 0 bridgehead atoms. The second-order valence-electron chi connectivity index (χ2n) is 8.63. The van der Waals surface area contributed by atoms with E-state index in [0.29, 0.717) is 32.2 Å². The van der Waals surface area contributed by atoms with E-state index in [2.05, 4.69) is 15.6 Å². The third-order valence-electron chi connectivity index (χ3n) is 5.75. The maximum absolute atomic E-state index is 13.9. The van der Waals surface area contributed by atoms with Gasteiger partial charge in [-0.1, -0.05) is 24.3 Å². The zero-order valence-corrected chi connectivity index (χ0v) is 20.2. The van der Waals surface area contributed by atoms with Gasteiger partial charge in [0, 0.05) is 12.2 Å². The van der Waals surface area contributed by atoms with Crippen LogP contribution >= 0.6 is 0 Å². The van der Waals surface area contributed by atoms with Gasteiger partial charge in [-0.05, 0) is 61.1 Å². The summed E-state index contributed by atoms with van der Waals surface area (Å²) in [7, 11) is 0. The number of nitrogens with zero attached hydrogens (tertiary/aromatic N) is 1. The van der Waals surface area contributed by atoms with Crippen LogP contribution in [0.25, 0.3) is 11.1 Å². The predicted molar refractivity (Wildman–Crippen MR) is 133 cm³/mol. The standard InChI is InChI=1S/C26H27F4N5O3/c27-21-20(22(28)24(30)35-23(21)29)15-6-8-16(9-7-15)34-26(38)18(31)3-1-2-12-33-25(37)19(32)13-14-4-10-17(36)11-5-14/h4-11,18-19,36H,1-3,12-13,31-32H2,(H,33,37)(H,34,38). The van der Waals surface area contributed by atoms with E-state index in [-0.39, 0.29) is 22.9 Å². The van der Waals surface area contributed by atoms with Crippen LogP contribution in [-0.4, -0.2) is 40.5 Å². The number of halogens is 4. The molecule has 2 aromatic carbocycles. The quantitative estimate of drug-likeness (QED) is 0.146. The van der Waals surface area contributed by atoms with Crippen molar-refractivity contribution in [3.63, 3.8) is 0 Å². The number of amides is 2. The first-order valence-corrected chi connectivity index (χ1v) is 11.7. The lowest BCUT2D eigenvalue weighted by molar-refractivity contribution is -0.122. The molecule has 7 N–H and O–H groups in total. The molecular formula is C26H27F4N5O3. The van der Waals surface area contributed by atoms with Gasteiger partial charge in [-0.3, -0.25) is 9.59 Å². The molecule has 0 aliphatic heterocycles. The topological polar surface area (TPSA) is 143 Å². The number of nitrogens with one attached hydrogen (secondary N) is 2. The minimum absolute atomic E-state index is 0.126. The van der Waals surface area contributed by atoms with Crippen LogP contribution in [0.15, 0.2) is 48.5 Å². The van der Waals surface area contributed by atoms with Crippen LogP contribution in [0.5, 0.6) is 5.75 Å². The molecule has 3 rings (SSSR count). The lowest BCUT2D eigenvalue weighted by atomic mass is 10.0. The molecule has 0 fully saturated rings. The molecule has 3 aromatic rings. The second-order valence-corrected chi connectivity index (χ2v) is 8.63. The van der Waals surface area contributed by atoms with Gasteiger partial charge in [0.05, 0.1) is 17.6 Å². The molecule has 12 heteroatoms. The van der Waals surface area contributed by atoms with Gasteiger partial charge in [0.25, 0.3) is 11.9 Å². The summed E-state index contributed by atoms with van der Waals surface area (Å²) in [6, 6.07) is 9.81. The largest absolute Gasteiger partial charge is 0.508 e. The highest BCUT2D eigenvalue weighted by Crippen LogP contribution is 2.29. The summed E-state index contributed by atoms with van der Waals surface area (Å²) in [5, 5.41) is 14.6. The first-order valence-electron chi connectivity index (χ1n) is 11.7. The third kappa shape index (κ3) is 7.49. The average Bonchev–Trinajstić information content (AvgIpc) is 2.89. The van der Waals surface area contributed by atoms with Gasteiger partial charge < -0.3 is 27.2 Å². The number of phenolic OH excluding ortho intramolecular Hbond substituents is 1. The monoisotopic (exact) mass is 533 g/mol. The Morgan fingerprint density at radius 1 is 0.842 bits per heavy atom. The van der Waals surface area contributed by atoms with E-state index in [0.717, 1.165) is 5.56 Å². The number of pyridine rings is 1. The number of rotatable bonds is 11. The summed E-state index contributed by atoms with van der Waals surface area (Å²) in [6.45, 7) is 0.348. The van der Waals surface area contributed by atoms with Crippen LogP contribution in [0, 0.1) is 23.5 Å². The summed E-state index contributed by atoms with van der Waals surface area (Å²) in [4.78, 5) is 27.0. The fourth-order valence-electron chi connectivity index (χ4n) is 3.64. The van der Waals surface area contributed by atoms with Crippen molar-refractivity contribution in [1.82, 2.24) is 10.3 Å². The number of unbranched alkanes of at least 4 members (excludes halogenated alkanes) is 1. The number of nitrogens with two attached hydrogens (primary N) is 2. The summed E-state index contributed by atoms with van der Waals surface area (Å²) in [5.41, 5.74) is 11.9. The van der Waals surface area contributed by atoms with E-state index in [9.17, 15) is 32.3 Å². The Morgan fingerprint density at radius 2 is 1.45 bits per heavy atom. The van der Waals surface area contributed by atoms with E-state index >= 15 is 0 Å². The highest BCUT2D eigenvalue weighted by atomic mass is 19.2. The van der Waals surface area contributed by atoms with Crippen LogP contribution in [0.3, 0.4) is 0 Å². The molecule has 38 heavy (non-hydrogen) atoms. The minimum Gasteiger partial charge on any atom is -0.508 e. The molecule has 0 saturated carbocycles. The first kappa shape index (κ1) is 28.5. The summed E-state index contributed by atoms with van der Waals surface area (Å²) < 4.78 is 54.6.